The van der Waals surface area contributed by atoms with Crippen molar-refractivity contribution in [1.82, 2.24) is 9.21 Å². The Morgan fingerprint density at radius 2 is 1.83 bits per heavy atom. The fourth-order valence-electron chi connectivity index (χ4n) is 4.49. The van der Waals surface area contributed by atoms with Gasteiger partial charge in [-0.1, -0.05) is 19.1 Å². The maximum absolute atomic E-state index is 13.0. The molecule has 1 amide bonds. The predicted molar refractivity (Wildman–Crippen MR) is 114 cm³/mol. The van der Waals surface area contributed by atoms with E-state index in [1.54, 1.807) is 22.7 Å². The van der Waals surface area contributed by atoms with Crippen molar-refractivity contribution in [3.63, 3.8) is 0 Å². The highest BCUT2D eigenvalue weighted by Gasteiger charge is 2.32. The molecule has 30 heavy (non-hydrogen) atoms. The van der Waals surface area contributed by atoms with Crippen LogP contribution in [0.2, 0.25) is 0 Å². The van der Waals surface area contributed by atoms with E-state index in [-0.39, 0.29) is 11.9 Å². The number of carbonyl (C=O) groups excluding carboxylic acids is 1. The van der Waals surface area contributed by atoms with Gasteiger partial charge in [-0.3, -0.25) is 4.79 Å². The second-order valence-corrected chi connectivity index (χ2v) is 10.4. The Morgan fingerprint density at radius 1 is 1.10 bits per heavy atom. The van der Waals surface area contributed by atoms with Gasteiger partial charge in [0.2, 0.25) is 15.9 Å². The van der Waals surface area contributed by atoms with Crippen LogP contribution >= 0.6 is 0 Å². The van der Waals surface area contributed by atoms with Crippen LogP contribution in [-0.4, -0.2) is 43.2 Å². The molecule has 0 spiro atoms. The first-order chi connectivity index (χ1) is 14.4. The Morgan fingerprint density at radius 3 is 2.50 bits per heavy atom. The van der Waals surface area contributed by atoms with E-state index in [1.165, 1.54) is 0 Å². The highest BCUT2D eigenvalue weighted by Crippen LogP contribution is 2.34. The first-order valence-electron chi connectivity index (χ1n) is 10.9. The van der Waals surface area contributed by atoms with E-state index in [2.05, 4.69) is 6.92 Å². The zero-order chi connectivity index (χ0) is 21.1. The minimum atomic E-state index is -3.39. The van der Waals surface area contributed by atoms with Crippen LogP contribution in [0.25, 0.3) is 0 Å². The van der Waals surface area contributed by atoms with Gasteiger partial charge in [-0.05, 0) is 67.9 Å². The van der Waals surface area contributed by atoms with E-state index in [4.69, 9.17) is 4.42 Å². The van der Waals surface area contributed by atoms with Crippen LogP contribution in [-0.2, 0) is 21.2 Å². The number of aryl methyl sites for hydroxylation is 1. The summed E-state index contributed by atoms with van der Waals surface area (Å²) in [5, 5.41) is 0. The average molecular weight is 431 g/mol. The molecule has 0 saturated carbocycles. The van der Waals surface area contributed by atoms with Crippen molar-refractivity contribution in [2.24, 2.45) is 5.92 Å². The third-order valence-corrected chi connectivity index (χ3v) is 8.22. The Bertz CT molecular complexity index is 948. The fraction of sp³-hybridized carbons (Fsp3) is 0.522. The molecule has 2 atom stereocenters. The summed E-state index contributed by atoms with van der Waals surface area (Å²) >= 11 is 0. The first kappa shape index (κ1) is 21.1. The molecule has 3 heterocycles. The molecule has 1 aromatic heterocycles. The summed E-state index contributed by atoms with van der Waals surface area (Å²) in [6.07, 6.45) is 6.44. The number of likely N-dealkylation sites (tertiary alicyclic amines) is 1. The van der Waals surface area contributed by atoms with E-state index < -0.39 is 10.0 Å². The molecular weight excluding hydrogens is 400 g/mol. The van der Waals surface area contributed by atoms with E-state index >= 15 is 0 Å². The molecule has 1 aromatic carbocycles. The summed E-state index contributed by atoms with van der Waals surface area (Å²) in [7, 11) is -3.39. The second-order valence-electron chi connectivity index (χ2n) is 8.50. The molecule has 0 bridgehead atoms. The number of nitrogens with zero attached hydrogens (tertiary/aromatic N) is 2. The summed E-state index contributed by atoms with van der Waals surface area (Å²) < 4.78 is 32.4. The Labute approximate surface area is 178 Å². The number of rotatable bonds is 6. The van der Waals surface area contributed by atoms with Crippen LogP contribution in [0.15, 0.2) is 52.0 Å². The lowest BCUT2D eigenvalue weighted by atomic mass is 9.90. The molecule has 0 unspecified atom stereocenters. The Kier molecular flexibility index (Phi) is 6.29. The Hall–Kier alpha value is -2.12. The lowest BCUT2D eigenvalue weighted by Crippen LogP contribution is -2.40. The maximum atomic E-state index is 13.0. The second kappa shape index (κ2) is 8.94. The molecule has 2 aliphatic heterocycles. The standard InChI is InChI=1S/C23H30N2O4S/c1-18-12-15-25(21(17-18)22-5-4-16-29-22)23(26)11-8-19-6-9-20(10-7-19)30(27,28)24-13-2-3-14-24/h4-7,9-10,16,18,21H,2-3,8,11-15,17H2,1H3/t18-,21-/m1/s1. The van der Waals surface area contributed by atoms with Crippen molar-refractivity contribution < 1.29 is 17.6 Å². The predicted octanol–water partition coefficient (Wildman–Crippen LogP) is 4.00. The molecular formula is C23H30N2O4S. The highest BCUT2D eigenvalue weighted by molar-refractivity contribution is 7.89. The summed E-state index contributed by atoms with van der Waals surface area (Å²) in [5.41, 5.74) is 0.976. The van der Waals surface area contributed by atoms with Crippen molar-refractivity contribution in [3.8, 4) is 0 Å². The van der Waals surface area contributed by atoms with E-state index in [0.29, 0.717) is 36.7 Å². The number of carbonyl (C=O) groups is 1. The molecule has 4 rings (SSSR count). The molecule has 2 aliphatic rings. The molecule has 6 nitrogen and oxygen atoms in total. The first-order valence-corrected chi connectivity index (χ1v) is 12.3. The largest absolute Gasteiger partial charge is 0.467 e. The van der Waals surface area contributed by atoms with Crippen LogP contribution in [0.5, 0.6) is 0 Å². The molecule has 7 heteroatoms. The normalized spacial score (nSPS) is 23.0. The quantitative estimate of drug-likeness (QED) is 0.695. The van der Waals surface area contributed by atoms with Gasteiger partial charge < -0.3 is 9.32 Å². The summed E-state index contributed by atoms with van der Waals surface area (Å²) in [4.78, 5) is 15.3. The zero-order valence-electron chi connectivity index (χ0n) is 17.5. The lowest BCUT2D eigenvalue weighted by molar-refractivity contribution is -0.136. The molecule has 0 radical (unpaired) electrons. The third-order valence-electron chi connectivity index (χ3n) is 6.31. The number of amides is 1. The van der Waals surface area contributed by atoms with Crippen LogP contribution in [0.4, 0.5) is 0 Å². The van der Waals surface area contributed by atoms with Gasteiger partial charge in [0.05, 0.1) is 17.2 Å². The van der Waals surface area contributed by atoms with Crippen LogP contribution < -0.4 is 0 Å². The van der Waals surface area contributed by atoms with Gasteiger partial charge in [0.25, 0.3) is 0 Å². The average Bonchev–Trinajstić information content (AvgIpc) is 3.47. The topological polar surface area (TPSA) is 70.8 Å². The number of piperidine rings is 1. The zero-order valence-corrected chi connectivity index (χ0v) is 18.3. The number of hydrogen-bond donors (Lipinski definition) is 0. The number of sulfonamides is 1. The lowest BCUT2D eigenvalue weighted by Gasteiger charge is -2.37. The molecule has 0 aliphatic carbocycles. The minimum Gasteiger partial charge on any atom is -0.467 e. The van der Waals surface area contributed by atoms with E-state index in [0.717, 1.165) is 43.6 Å². The SMILES string of the molecule is C[C@@H]1CCN(C(=O)CCc2ccc(S(=O)(=O)N3CCCC3)cc2)[C@@H](c2ccco2)C1. The van der Waals surface area contributed by atoms with E-state index in [9.17, 15) is 13.2 Å². The van der Waals surface area contributed by atoms with Crippen molar-refractivity contribution in [2.45, 2.75) is 56.4 Å². The fourth-order valence-corrected chi connectivity index (χ4v) is 6.01. The van der Waals surface area contributed by atoms with Gasteiger partial charge in [0.1, 0.15) is 5.76 Å². The van der Waals surface area contributed by atoms with Crippen LogP contribution in [0.1, 0.15) is 56.4 Å². The molecule has 2 fully saturated rings. The number of benzene rings is 1. The smallest absolute Gasteiger partial charge is 0.243 e. The summed E-state index contributed by atoms with van der Waals surface area (Å²) in [5.74, 6) is 1.54. The van der Waals surface area contributed by atoms with Crippen molar-refractivity contribution in [1.29, 1.82) is 0 Å². The summed E-state index contributed by atoms with van der Waals surface area (Å²) in [6.45, 7) is 4.17. The summed E-state index contributed by atoms with van der Waals surface area (Å²) in [6, 6.07) is 10.8. The number of furan rings is 1. The molecule has 0 N–H and O–H groups in total. The minimum absolute atomic E-state index is 0.00392. The van der Waals surface area contributed by atoms with Gasteiger partial charge in [-0.2, -0.15) is 4.31 Å². The number of hydrogen-bond acceptors (Lipinski definition) is 4. The van der Waals surface area contributed by atoms with Crippen LogP contribution in [0.3, 0.4) is 0 Å². The van der Waals surface area contributed by atoms with E-state index in [1.807, 2.05) is 29.2 Å². The Balaban J connectivity index is 1.38. The van der Waals surface area contributed by atoms with Crippen LogP contribution in [0, 0.1) is 5.92 Å². The van der Waals surface area contributed by atoms with Crippen molar-refractivity contribution in [3.05, 3.63) is 54.0 Å². The van der Waals surface area contributed by atoms with Crippen molar-refractivity contribution in [2.75, 3.05) is 19.6 Å². The third kappa shape index (κ3) is 4.47. The van der Waals surface area contributed by atoms with Gasteiger partial charge >= 0.3 is 0 Å². The van der Waals surface area contributed by atoms with Gasteiger partial charge in [0, 0.05) is 26.1 Å². The van der Waals surface area contributed by atoms with Gasteiger partial charge in [0.15, 0.2) is 0 Å². The van der Waals surface area contributed by atoms with Gasteiger partial charge in [-0.25, -0.2) is 8.42 Å². The van der Waals surface area contributed by atoms with Crippen molar-refractivity contribution >= 4 is 15.9 Å². The molecule has 2 saturated heterocycles. The maximum Gasteiger partial charge on any atom is 0.243 e. The monoisotopic (exact) mass is 430 g/mol. The molecule has 2 aromatic rings. The molecule has 162 valence electrons. The van der Waals surface area contributed by atoms with Gasteiger partial charge in [-0.15, -0.1) is 0 Å². The highest BCUT2D eigenvalue weighted by atomic mass is 32.2.